The average molecular weight is 410 g/mol. The highest BCUT2D eigenvalue weighted by molar-refractivity contribution is 8.00. The van der Waals surface area contributed by atoms with Crippen molar-refractivity contribution in [1.82, 2.24) is 19.8 Å². The quantitative estimate of drug-likeness (QED) is 0.828. The molecule has 0 unspecified atom stereocenters. The minimum atomic E-state index is -0.385. The minimum Gasteiger partial charge on any atom is -0.495 e. The maximum atomic E-state index is 13.3. The van der Waals surface area contributed by atoms with Gasteiger partial charge in [-0.15, -0.1) is 10.2 Å². The lowest BCUT2D eigenvalue weighted by atomic mass is 10.0. The third-order valence-electron chi connectivity index (χ3n) is 4.70. The van der Waals surface area contributed by atoms with Gasteiger partial charge in [0, 0.05) is 13.1 Å². The summed E-state index contributed by atoms with van der Waals surface area (Å²) in [6.07, 6.45) is 0. The van der Waals surface area contributed by atoms with Gasteiger partial charge in [-0.3, -0.25) is 4.79 Å². The van der Waals surface area contributed by atoms with Crippen LogP contribution < -0.4 is 10.2 Å². The van der Waals surface area contributed by atoms with E-state index in [9.17, 15) is 4.79 Å². The van der Waals surface area contributed by atoms with E-state index >= 15 is 0 Å². The zero-order chi connectivity index (χ0) is 19.0. The van der Waals surface area contributed by atoms with Gasteiger partial charge >= 0.3 is 0 Å². The monoisotopic (exact) mass is 409 g/mol. The summed E-state index contributed by atoms with van der Waals surface area (Å²) in [4.78, 5) is 15.1. The molecule has 3 heterocycles. The van der Waals surface area contributed by atoms with Crippen molar-refractivity contribution in [2.24, 2.45) is 0 Å². The molecule has 8 nitrogen and oxygen atoms in total. The second kappa shape index (κ2) is 7.57. The molecule has 0 aliphatic carbocycles. The molecule has 1 aromatic carbocycles. The van der Waals surface area contributed by atoms with E-state index < -0.39 is 0 Å². The van der Waals surface area contributed by atoms with Gasteiger partial charge in [-0.1, -0.05) is 29.4 Å². The molecular weight excluding hydrogens is 390 g/mol. The van der Waals surface area contributed by atoms with Crippen molar-refractivity contribution >= 4 is 29.3 Å². The number of benzene rings is 1. The molecule has 1 aromatic heterocycles. The van der Waals surface area contributed by atoms with E-state index in [0.29, 0.717) is 42.2 Å². The minimum absolute atomic E-state index is 0.0552. The van der Waals surface area contributed by atoms with E-state index in [1.54, 1.807) is 7.11 Å². The SMILES string of the molecule is COc1ccc([C@H]2Nn3c(C)nnc3S[C@@H]2C(=O)N2CCOCC2)cc1Cl. The van der Waals surface area contributed by atoms with Crippen LogP contribution >= 0.6 is 23.4 Å². The molecule has 27 heavy (non-hydrogen) atoms. The molecule has 1 amide bonds. The lowest BCUT2D eigenvalue weighted by Crippen LogP contribution is -2.49. The number of carbonyl (C=O) groups excluding carboxylic acids is 1. The first-order valence-electron chi connectivity index (χ1n) is 8.63. The molecular formula is C17H20ClN5O3S. The van der Waals surface area contributed by atoms with Gasteiger partial charge in [0.15, 0.2) is 0 Å². The lowest BCUT2D eigenvalue weighted by molar-refractivity contribution is -0.135. The number of halogens is 1. The zero-order valence-electron chi connectivity index (χ0n) is 15.0. The van der Waals surface area contributed by atoms with Crippen molar-refractivity contribution in [2.45, 2.75) is 23.4 Å². The third kappa shape index (κ3) is 3.46. The molecule has 1 saturated heterocycles. The summed E-state index contributed by atoms with van der Waals surface area (Å²) < 4.78 is 12.4. The van der Waals surface area contributed by atoms with Gasteiger partial charge in [-0.25, -0.2) is 4.68 Å². The molecule has 144 valence electrons. The van der Waals surface area contributed by atoms with Gasteiger partial charge in [-0.2, -0.15) is 0 Å². The fraction of sp³-hybridized carbons (Fsp3) is 0.471. The van der Waals surface area contributed by atoms with Crippen LogP contribution in [0.5, 0.6) is 5.75 Å². The molecule has 0 saturated carbocycles. The van der Waals surface area contributed by atoms with Crippen LogP contribution in [0.1, 0.15) is 17.4 Å². The van der Waals surface area contributed by atoms with Crippen molar-refractivity contribution in [3.05, 3.63) is 34.6 Å². The van der Waals surface area contributed by atoms with E-state index in [1.165, 1.54) is 11.8 Å². The molecule has 2 atom stereocenters. The fourth-order valence-electron chi connectivity index (χ4n) is 3.24. The Hall–Kier alpha value is -1.97. The molecule has 1 fully saturated rings. The van der Waals surface area contributed by atoms with Crippen LogP contribution in [0.3, 0.4) is 0 Å². The van der Waals surface area contributed by atoms with E-state index in [1.807, 2.05) is 34.7 Å². The summed E-state index contributed by atoms with van der Waals surface area (Å²) >= 11 is 7.75. The Morgan fingerprint density at radius 2 is 2.15 bits per heavy atom. The molecule has 1 N–H and O–H groups in total. The predicted octanol–water partition coefficient (Wildman–Crippen LogP) is 1.87. The van der Waals surface area contributed by atoms with Crippen molar-refractivity contribution in [1.29, 1.82) is 0 Å². The number of aryl methyl sites for hydroxylation is 1. The number of fused-ring (bicyclic) bond motifs is 1. The number of ether oxygens (including phenoxy) is 2. The highest BCUT2D eigenvalue weighted by atomic mass is 35.5. The van der Waals surface area contributed by atoms with Crippen LogP contribution in [0.15, 0.2) is 23.4 Å². The Morgan fingerprint density at radius 1 is 1.37 bits per heavy atom. The lowest BCUT2D eigenvalue weighted by Gasteiger charge is -2.37. The number of nitrogens with one attached hydrogen (secondary N) is 1. The first-order valence-corrected chi connectivity index (χ1v) is 9.89. The summed E-state index contributed by atoms with van der Waals surface area (Å²) in [5.41, 5.74) is 4.29. The molecule has 10 heteroatoms. The van der Waals surface area contributed by atoms with Gasteiger partial charge in [0.2, 0.25) is 11.1 Å². The second-order valence-corrected chi connectivity index (χ2v) is 7.86. The fourth-order valence-corrected chi connectivity index (χ4v) is 4.71. The number of amides is 1. The molecule has 0 bridgehead atoms. The normalized spacial score (nSPS) is 22.1. The zero-order valence-corrected chi connectivity index (χ0v) is 16.6. The Morgan fingerprint density at radius 3 is 2.85 bits per heavy atom. The third-order valence-corrected chi connectivity index (χ3v) is 6.20. The van der Waals surface area contributed by atoms with Crippen LogP contribution in [-0.4, -0.2) is 64.3 Å². The van der Waals surface area contributed by atoms with Crippen LogP contribution in [-0.2, 0) is 9.53 Å². The highest BCUT2D eigenvalue weighted by Crippen LogP contribution is 2.39. The number of thioether (sulfide) groups is 1. The number of morpholine rings is 1. The van der Waals surface area contributed by atoms with Gasteiger partial charge in [0.25, 0.3) is 0 Å². The summed E-state index contributed by atoms with van der Waals surface area (Å²) in [6.45, 7) is 4.18. The maximum Gasteiger partial charge on any atom is 0.238 e. The molecule has 4 rings (SSSR count). The van der Waals surface area contributed by atoms with E-state index in [2.05, 4.69) is 15.6 Å². The standard InChI is InChI=1S/C17H20ClN5O3S/c1-10-19-20-17-23(10)21-14(11-3-4-13(25-2)12(18)9-11)15(27-17)16(24)22-5-7-26-8-6-22/h3-4,9,14-15,21H,5-8H2,1-2H3/t14-,15+/m1/s1. The van der Waals surface area contributed by atoms with E-state index in [-0.39, 0.29) is 17.2 Å². The summed E-state index contributed by atoms with van der Waals surface area (Å²) in [6, 6.07) is 5.29. The van der Waals surface area contributed by atoms with Crippen molar-refractivity contribution < 1.29 is 14.3 Å². The second-order valence-electron chi connectivity index (χ2n) is 6.34. The maximum absolute atomic E-state index is 13.3. The first-order chi connectivity index (χ1) is 13.1. The highest BCUT2D eigenvalue weighted by Gasteiger charge is 2.40. The summed E-state index contributed by atoms with van der Waals surface area (Å²) in [5.74, 6) is 1.39. The summed E-state index contributed by atoms with van der Waals surface area (Å²) in [5, 5.41) is 9.09. The van der Waals surface area contributed by atoms with Gasteiger partial charge in [0.1, 0.15) is 16.8 Å². The Kier molecular flexibility index (Phi) is 5.16. The number of hydrogen-bond acceptors (Lipinski definition) is 7. The topological polar surface area (TPSA) is 81.5 Å². The van der Waals surface area contributed by atoms with Crippen LogP contribution in [0.4, 0.5) is 0 Å². The number of aromatic nitrogens is 3. The van der Waals surface area contributed by atoms with Crippen molar-refractivity contribution in [3.63, 3.8) is 0 Å². The van der Waals surface area contributed by atoms with Gasteiger partial charge in [-0.05, 0) is 24.6 Å². The van der Waals surface area contributed by atoms with Crippen molar-refractivity contribution in [3.8, 4) is 5.75 Å². The van der Waals surface area contributed by atoms with Gasteiger partial charge < -0.3 is 19.8 Å². The summed E-state index contributed by atoms with van der Waals surface area (Å²) in [7, 11) is 1.58. The van der Waals surface area contributed by atoms with Gasteiger partial charge in [0.05, 0.1) is 31.4 Å². The number of carbonyl (C=O) groups is 1. The molecule has 0 radical (unpaired) electrons. The van der Waals surface area contributed by atoms with Crippen LogP contribution in [0.2, 0.25) is 5.02 Å². The smallest absolute Gasteiger partial charge is 0.238 e. The van der Waals surface area contributed by atoms with Crippen molar-refractivity contribution in [2.75, 3.05) is 38.8 Å². The first kappa shape index (κ1) is 18.4. The van der Waals surface area contributed by atoms with E-state index in [0.717, 1.165) is 11.4 Å². The Labute approximate surface area is 166 Å². The molecule has 2 aliphatic rings. The molecule has 0 spiro atoms. The average Bonchev–Trinajstić information content (AvgIpc) is 3.07. The number of rotatable bonds is 3. The van der Waals surface area contributed by atoms with Crippen LogP contribution in [0, 0.1) is 6.92 Å². The Balaban J connectivity index is 1.69. The molecule has 2 aliphatic heterocycles. The predicted molar refractivity (Wildman–Crippen MR) is 102 cm³/mol. The number of hydrogen-bond donors (Lipinski definition) is 1. The number of nitrogens with zero attached hydrogens (tertiary/aromatic N) is 4. The number of methoxy groups -OCH3 is 1. The largest absolute Gasteiger partial charge is 0.495 e. The van der Waals surface area contributed by atoms with E-state index in [4.69, 9.17) is 21.1 Å². The Bertz CT molecular complexity index is 855. The molecule has 2 aromatic rings. The van der Waals surface area contributed by atoms with Crippen LogP contribution in [0.25, 0.3) is 0 Å².